The van der Waals surface area contributed by atoms with Crippen molar-refractivity contribution in [1.82, 2.24) is 9.88 Å². The maximum Gasteiger partial charge on any atom is 0.257 e. The Labute approximate surface area is 202 Å². The number of benzene rings is 3. The molecule has 5 rings (SSSR count). The molecule has 1 aliphatic heterocycles. The largest absolute Gasteiger partial charge is 0.431 e. The minimum Gasteiger partial charge on any atom is -0.431 e. The minimum absolute atomic E-state index is 0.0652. The van der Waals surface area contributed by atoms with E-state index in [1.807, 2.05) is 77.7 Å². The zero-order valence-electron chi connectivity index (χ0n) is 18.7. The highest BCUT2D eigenvalue weighted by Crippen LogP contribution is 2.28. The van der Waals surface area contributed by atoms with E-state index in [0.29, 0.717) is 23.1 Å². The molecule has 0 aliphatic carbocycles. The minimum atomic E-state index is 0.0652. The molecule has 4 aromatic rings. The van der Waals surface area contributed by atoms with Crippen LogP contribution >= 0.6 is 11.8 Å². The summed E-state index contributed by atoms with van der Waals surface area (Å²) in [4.78, 5) is 22.2. The van der Waals surface area contributed by atoms with Crippen molar-refractivity contribution in [3.05, 3.63) is 89.5 Å². The van der Waals surface area contributed by atoms with Gasteiger partial charge in [0.2, 0.25) is 0 Å². The summed E-state index contributed by atoms with van der Waals surface area (Å²) in [6, 6.07) is 25.3. The number of amides is 1. The van der Waals surface area contributed by atoms with E-state index in [9.17, 15) is 4.79 Å². The molecule has 1 fully saturated rings. The molecule has 0 radical (unpaired) electrons. The van der Waals surface area contributed by atoms with E-state index < -0.39 is 0 Å². The summed E-state index contributed by atoms with van der Waals surface area (Å²) >= 11 is 1.50. The van der Waals surface area contributed by atoms with Crippen LogP contribution in [0.5, 0.6) is 0 Å². The molecule has 2 heterocycles. The lowest BCUT2D eigenvalue weighted by Gasteiger charge is -2.24. The lowest BCUT2D eigenvalue weighted by Crippen LogP contribution is -2.35. The number of oxazole rings is 1. The molecule has 0 bridgehead atoms. The van der Waals surface area contributed by atoms with Gasteiger partial charge in [0.1, 0.15) is 5.52 Å². The van der Waals surface area contributed by atoms with Crippen molar-refractivity contribution >= 4 is 34.5 Å². The predicted molar refractivity (Wildman–Crippen MR) is 134 cm³/mol. The van der Waals surface area contributed by atoms with E-state index in [-0.39, 0.29) is 5.91 Å². The summed E-state index contributed by atoms with van der Waals surface area (Å²) in [6.07, 6.45) is 0.894. The molecule has 1 aromatic heterocycles. The zero-order chi connectivity index (χ0) is 23.3. The number of para-hydroxylation sites is 2. The Kier molecular flexibility index (Phi) is 6.50. The summed E-state index contributed by atoms with van der Waals surface area (Å²) in [6.45, 7) is 3.02. The first-order chi connectivity index (χ1) is 16.7. The van der Waals surface area contributed by atoms with Crippen molar-refractivity contribution in [2.45, 2.75) is 17.4 Å². The highest BCUT2D eigenvalue weighted by Gasteiger charge is 2.22. The van der Waals surface area contributed by atoms with Crippen LogP contribution in [0.25, 0.3) is 11.1 Å². The molecule has 1 aliphatic rings. The lowest BCUT2D eigenvalue weighted by atomic mass is 10.1. The highest BCUT2D eigenvalue weighted by atomic mass is 32.2. The van der Waals surface area contributed by atoms with Crippen molar-refractivity contribution in [2.24, 2.45) is 0 Å². The predicted octanol–water partition coefficient (Wildman–Crippen LogP) is 5.34. The molecule has 1 amide bonds. The van der Waals surface area contributed by atoms with E-state index in [2.05, 4.69) is 16.0 Å². The van der Waals surface area contributed by atoms with Gasteiger partial charge in [-0.15, -0.1) is 0 Å². The first-order valence-corrected chi connectivity index (χ1v) is 12.3. The van der Waals surface area contributed by atoms with Crippen LogP contribution in [0.15, 0.2) is 82.4 Å². The fourth-order valence-corrected chi connectivity index (χ4v) is 5.05. The number of anilines is 1. The van der Waals surface area contributed by atoms with Gasteiger partial charge >= 0.3 is 0 Å². The number of hydrogen-bond acceptors (Lipinski definition) is 6. The second-order valence-corrected chi connectivity index (χ2v) is 9.11. The Hall–Kier alpha value is -3.76. The fourth-order valence-electron chi connectivity index (χ4n) is 4.20. The Morgan fingerprint density at radius 3 is 2.59 bits per heavy atom. The van der Waals surface area contributed by atoms with Crippen LogP contribution in [-0.4, -0.2) is 42.0 Å². The maximum atomic E-state index is 13.5. The molecule has 1 saturated heterocycles. The number of fused-ring (bicyclic) bond motifs is 1. The van der Waals surface area contributed by atoms with E-state index >= 15 is 0 Å². The number of rotatable bonds is 5. The second kappa shape index (κ2) is 10.0. The Bertz CT molecular complexity index is 1310. The second-order valence-electron chi connectivity index (χ2n) is 8.18. The van der Waals surface area contributed by atoms with Crippen LogP contribution in [0.3, 0.4) is 0 Å². The van der Waals surface area contributed by atoms with Crippen molar-refractivity contribution < 1.29 is 9.21 Å². The summed E-state index contributed by atoms with van der Waals surface area (Å²) in [5, 5.41) is 9.64. The number of aromatic nitrogens is 1. The van der Waals surface area contributed by atoms with E-state index in [1.165, 1.54) is 11.8 Å². The van der Waals surface area contributed by atoms with Gasteiger partial charge in [0.25, 0.3) is 11.1 Å². The molecule has 0 N–H and O–H groups in total. The van der Waals surface area contributed by atoms with Crippen molar-refractivity contribution in [3.63, 3.8) is 0 Å². The van der Waals surface area contributed by atoms with Crippen LogP contribution in [0.4, 0.5) is 5.69 Å². The molecule has 0 saturated carbocycles. The van der Waals surface area contributed by atoms with Gasteiger partial charge in [-0.2, -0.15) is 5.26 Å². The quantitative estimate of drug-likeness (QED) is 0.368. The van der Waals surface area contributed by atoms with Gasteiger partial charge in [0, 0.05) is 43.2 Å². The average molecular weight is 469 g/mol. The molecule has 6 nitrogen and oxygen atoms in total. The van der Waals surface area contributed by atoms with E-state index in [0.717, 1.165) is 54.0 Å². The van der Waals surface area contributed by atoms with Gasteiger partial charge in [0.15, 0.2) is 5.58 Å². The number of hydrogen-bond donors (Lipinski definition) is 0. The highest BCUT2D eigenvalue weighted by molar-refractivity contribution is 7.98. The summed E-state index contributed by atoms with van der Waals surface area (Å²) in [7, 11) is 0. The van der Waals surface area contributed by atoms with Gasteiger partial charge < -0.3 is 14.2 Å². The Morgan fingerprint density at radius 2 is 1.76 bits per heavy atom. The smallest absolute Gasteiger partial charge is 0.257 e. The van der Waals surface area contributed by atoms with Crippen LogP contribution in [0, 0.1) is 11.3 Å². The number of nitriles is 1. The van der Waals surface area contributed by atoms with Crippen LogP contribution < -0.4 is 4.90 Å². The van der Waals surface area contributed by atoms with Crippen LogP contribution in [0.2, 0.25) is 0 Å². The van der Waals surface area contributed by atoms with Gasteiger partial charge in [-0.3, -0.25) is 4.79 Å². The van der Waals surface area contributed by atoms with Gasteiger partial charge in [-0.25, -0.2) is 4.98 Å². The third-order valence-corrected chi connectivity index (χ3v) is 6.89. The maximum absolute atomic E-state index is 13.5. The molecule has 34 heavy (non-hydrogen) atoms. The number of nitrogens with zero attached hydrogens (tertiary/aromatic N) is 4. The first-order valence-electron chi connectivity index (χ1n) is 11.3. The molecule has 170 valence electrons. The fraction of sp³-hybridized carbons (Fsp3) is 0.222. The summed E-state index contributed by atoms with van der Waals surface area (Å²) in [5.41, 5.74) is 5.06. The monoisotopic (exact) mass is 468 g/mol. The third kappa shape index (κ3) is 4.78. The Balaban J connectivity index is 1.26. The molecule has 7 heteroatoms. The molecular weight excluding hydrogens is 444 g/mol. The van der Waals surface area contributed by atoms with E-state index in [1.54, 1.807) is 0 Å². The first kappa shape index (κ1) is 22.1. The molecule has 0 spiro atoms. The summed E-state index contributed by atoms with van der Waals surface area (Å²) < 4.78 is 5.82. The number of carbonyl (C=O) groups is 1. The van der Waals surface area contributed by atoms with E-state index in [4.69, 9.17) is 9.68 Å². The van der Waals surface area contributed by atoms with Gasteiger partial charge in [-0.1, -0.05) is 42.1 Å². The molecular formula is C27H24N4O2S. The van der Waals surface area contributed by atoms with Gasteiger partial charge in [0.05, 0.1) is 11.6 Å². The average Bonchev–Trinajstić information content (AvgIpc) is 3.15. The Morgan fingerprint density at radius 1 is 0.971 bits per heavy atom. The number of thioether (sulfide) groups is 1. The molecule has 0 unspecified atom stereocenters. The standard InChI is InChI=1S/C27H24N4O2S/c28-18-20-10-12-22(13-11-20)30-14-5-15-31(17-16-30)26(32)23-7-2-1-6-21(23)19-34-27-29-24-8-3-4-9-25(24)33-27/h1-4,6-13H,5,14-17,19H2. The normalized spacial score (nSPS) is 14.1. The lowest BCUT2D eigenvalue weighted by molar-refractivity contribution is 0.0766. The van der Waals surface area contributed by atoms with Crippen LogP contribution in [0.1, 0.15) is 27.9 Å². The zero-order valence-corrected chi connectivity index (χ0v) is 19.5. The van der Waals surface area contributed by atoms with Gasteiger partial charge in [-0.05, 0) is 54.4 Å². The topological polar surface area (TPSA) is 73.4 Å². The molecule has 0 atom stereocenters. The molecule has 3 aromatic carbocycles. The van der Waals surface area contributed by atoms with Crippen molar-refractivity contribution in [1.29, 1.82) is 5.26 Å². The van der Waals surface area contributed by atoms with Crippen LogP contribution in [-0.2, 0) is 5.75 Å². The third-order valence-electron chi connectivity index (χ3n) is 6.02. The van der Waals surface area contributed by atoms with Crippen molar-refractivity contribution in [3.8, 4) is 6.07 Å². The number of carbonyl (C=O) groups excluding carboxylic acids is 1. The summed E-state index contributed by atoms with van der Waals surface area (Å²) in [5.74, 6) is 0.676. The SMILES string of the molecule is N#Cc1ccc(N2CCCN(C(=O)c3ccccc3CSc3nc4ccccc4o3)CC2)cc1. The van der Waals surface area contributed by atoms with Crippen molar-refractivity contribution in [2.75, 3.05) is 31.1 Å².